The topological polar surface area (TPSA) is 120 Å². The van der Waals surface area contributed by atoms with Gasteiger partial charge in [-0.2, -0.15) is 0 Å². The van der Waals surface area contributed by atoms with Crippen molar-refractivity contribution in [2.75, 3.05) is 48.7 Å². The number of benzene rings is 2. The summed E-state index contributed by atoms with van der Waals surface area (Å²) in [6, 6.07) is 12.9. The predicted octanol–water partition coefficient (Wildman–Crippen LogP) is 2.30. The van der Waals surface area contributed by atoms with E-state index >= 15 is 0 Å². The van der Waals surface area contributed by atoms with Crippen molar-refractivity contribution in [3.63, 3.8) is 0 Å². The van der Waals surface area contributed by atoms with Crippen molar-refractivity contribution in [3.05, 3.63) is 59.2 Å². The van der Waals surface area contributed by atoms with Crippen LogP contribution in [0.4, 0.5) is 11.4 Å². The summed E-state index contributed by atoms with van der Waals surface area (Å²) in [5, 5.41) is 20.9. The molecule has 2 aliphatic heterocycles. The third-order valence-electron chi connectivity index (χ3n) is 7.36. The van der Waals surface area contributed by atoms with Crippen LogP contribution in [0.15, 0.2) is 42.5 Å². The molecule has 2 aromatic carbocycles. The molecular formula is C28H40N4O5S. The van der Waals surface area contributed by atoms with Crippen LogP contribution in [-0.2, 0) is 27.6 Å². The summed E-state index contributed by atoms with van der Waals surface area (Å²) in [4.78, 5) is 13.6. The Balaban J connectivity index is 1.58. The maximum Gasteiger partial charge on any atom is 0.251 e. The number of amides is 1. The zero-order valence-corrected chi connectivity index (χ0v) is 23.1. The van der Waals surface area contributed by atoms with E-state index in [0.29, 0.717) is 56.8 Å². The molecule has 4 rings (SSSR count). The molecular weight excluding hydrogens is 504 g/mol. The second kappa shape index (κ2) is 12.9. The number of hydrogen-bond donors (Lipinski definition) is 4. The van der Waals surface area contributed by atoms with Crippen molar-refractivity contribution in [3.8, 4) is 0 Å². The van der Waals surface area contributed by atoms with Gasteiger partial charge in [-0.3, -0.25) is 9.10 Å². The van der Waals surface area contributed by atoms with Gasteiger partial charge in [-0.1, -0.05) is 30.3 Å². The molecule has 2 atom stereocenters. The molecule has 1 fully saturated rings. The highest BCUT2D eigenvalue weighted by Gasteiger charge is 2.29. The highest BCUT2D eigenvalue weighted by Crippen LogP contribution is 2.34. The smallest absolute Gasteiger partial charge is 0.251 e. The van der Waals surface area contributed by atoms with Crippen molar-refractivity contribution in [1.82, 2.24) is 10.6 Å². The first kappa shape index (κ1) is 28.4. The minimum atomic E-state index is -3.46. The lowest BCUT2D eigenvalue weighted by atomic mass is 9.98. The molecule has 1 saturated heterocycles. The van der Waals surface area contributed by atoms with Crippen molar-refractivity contribution in [1.29, 1.82) is 0 Å². The Morgan fingerprint density at radius 3 is 2.63 bits per heavy atom. The standard InChI is InChI=1S/C28H40N4O5S/c1-3-29-24-17-21(18-26-23(24)10-7-15-38(35,36)32(26)2)28(34)31-25(16-20-8-5-4-6-9-20)27(33)19-30-22-11-13-37-14-12-22/h4-6,8-9,17-18,22,25,27,29-30,33H,3,7,10-16,19H2,1-2H3,(H,31,34)/t25-,27+/m0/s1. The van der Waals surface area contributed by atoms with Crippen LogP contribution in [0.5, 0.6) is 0 Å². The largest absolute Gasteiger partial charge is 0.390 e. The number of hydrogen-bond acceptors (Lipinski definition) is 7. The summed E-state index contributed by atoms with van der Waals surface area (Å²) in [7, 11) is -1.92. The van der Waals surface area contributed by atoms with Crippen molar-refractivity contribution in [2.24, 2.45) is 0 Å². The van der Waals surface area contributed by atoms with Gasteiger partial charge in [0.15, 0.2) is 0 Å². The van der Waals surface area contributed by atoms with Crippen LogP contribution in [0, 0.1) is 0 Å². The third kappa shape index (κ3) is 7.05. The molecule has 0 aliphatic carbocycles. The number of sulfonamides is 1. The van der Waals surface area contributed by atoms with E-state index < -0.39 is 22.2 Å². The number of fused-ring (bicyclic) bond motifs is 1. The zero-order valence-electron chi connectivity index (χ0n) is 22.3. The van der Waals surface area contributed by atoms with Crippen LogP contribution in [0.3, 0.4) is 0 Å². The number of rotatable bonds is 10. The summed E-state index contributed by atoms with van der Waals surface area (Å²) in [5.41, 5.74) is 3.54. The first-order valence-electron chi connectivity index (χ1n) is 13.5. The summed E-state index contributed by atoms with van der Waals surface area (Å²) in [5.74, 6) is -0.287. The maximum atomic E-state index is 13.6. The summed E-state index contributed by atoms with van der Waals surface area (Å²) >= 11 is 0. The van der Waals surface area contributed by atoms with Gasteiger partial charge in [0.1, 0.15) is 0 Å². The lowest BCUT2D eigenvalue weighted by Gasteiger charge is -2.29. The molecule has 1 amide bonds. The van der Waals surface area contributed by atoms with Gasteiger partial charge in [0, 0.05) is 50.6 Å². The Morgan fingerprint density at radius 1 is 1.18 bits per heavy atom. The van der Waals surface area contributed by atoms with E-state index in [1.54, 1.807) is 19.2 Å². The minimum Gasteiger partial charge on any atom is -0.390 e. The molecule has 208 valence electrons. The van der Waals surface area contributed by atoms with Crippen LogP contribution in [-0.4, -0.2) is 76.7 Å². The van der Waals surface area contributed by atoms with Crippen molar-refractivity contribution < 1.29 is 23.1 Å². The first-order valence-corrected chi connectivity index (χ1v) is 15.1. The molecule has 2 heterocycles. The van der Waals surface area contributed by atoms with Crippen LogP contribution < -0.4 is 20.3 Å². The average Bonchev–Trinajstić information content (AvgIpc) is 3.03. The molecule has 0 saturated carbocycles. The van der Waals surface area contributed by atoms with Gasteiger partial charge in [0.2, 0.25) is 10.0 Å². The van der Waals surface area contributed by atoms with Crippen LogP contribution >= 0.6 is 0 Å². The van der Waals surface area contributed by atoms with E-state index in [9.17, 15) is 18.3 Å². The van der Waals surface area contributed by atoms with Gasteiger partial charge in [0.05, 0.1) is 23.6 Å². The highest BCUT2D eigenvalue weighted by molar-refractivity contribution is 7.92. The summed E-state index contributed by atoms with van der Waals surface area (Å²) in [6.07, 6.45) is 2.55. The van der Waals surface area contributed by atoms with E-state index in [-0.39, 0.29) is 17.7 Å². The molecule has 2 aromatic rings. The molecule has 0 unspecified atom stereocenters. The summed E-state index contributed by atoms with van der Waals surface area (Å²) < 4.78 is 32.2. The Morgan fingerprint density at radius 2 is 1.92 bits per heavy atom. The Hall–Kier alpha value is -2.66. The highest BCUT2D eigenvalue weighted by atomic mass is 32.2. The third-order valence-corrected chi connectivity index (χ3v) is 9.19. The molecule has 9 nitrogen and oxygen atoms in total. The van der Waals surface area contributed by atoms with Crippen LogP contribution in [0.1, 0.15) is 47.7 Å². The van der Waals surface area contributed by atoms with Crippen LogP contribution in [0.25, 0.3) is 0 Å². The fourth-order valence-electron chi connectivity index (χ4n) is 5.13. The molecule has 0 aromatic heterocycles. The fourth-order valence-corrected chi connectivity index (χ4v) is 6.38. The zero-order chi connectivity index (χ0) is 27.1. The van der Waals surface area contributed by atoms with Crippen molar-refractivity contribution >= 4 is 27.3 Å². The van der Waals surface area contributed by atoms with Crippen molar-refractivity contribution in [2.45, 2.75) is 57.2 Å². The van der Waals surface area contributed by atoms with E-state index in [0.717, 1.165) is 29.7 Å². The predicted molar refractivity (Wildman–Crippen MR) is 150 cm³/mol. The monoisotopic (exact) mass is 544 g/mol. The molecule has 4 N–H and O–H groups in total. The average molecular weight is 545 g/mol. The van der Waals surface area contributed by atoms with Gasteiger partial charge >= 0.3 is 0 Å². The van der Waals surface area contributed by atoms with Gasteiger partial charge in [-0.25, -0.2) is 8.42 Å². The normalized spacial score (nSPS) is 19.2. The number of aliphatic hydroxyl groups excluding tert-OH is 1. The number of carbonyl (C=O) groups excluding carboxylic acids is 1. The number of nitrogens with one attached hydrogen (secondary N) is 3. The molecule has 10 heteroatoms. The maximum absolute atomic E-state index is 13.6. The van der Waals surface area contributed by atoms with E-state index in [4.69, 9.17) is 4.74 Å². The lowest BCUT2D eigenvalue weighted by molar-refractivity contribution is 0.0657. The van der Waals surface area contributed by atoms with Gasteiger partial charge < -0.3 is 25.8 Å². The van der Waals surface area contributed by atoms with Gasteiger partial charge in [0.25, 0.3) is 5.91 Å². The van der Waals surface area contributed by atoms with Gasteiger partial charge in [-0.15, -0.1) is 0 Å². The Bertz CT molecular complexity index is 1190. The molecule has 38 heavy (non-hydrogen) atoms. The van der Waals surface area contributed by atoms with Gasteiger partial charge in [-0.05, 0) is 62.3 Å². The Labute approximate surface area is 226 Å². The Kier molecular flexibility index (Phi) is 9.64. The number of carbonyl (C=O) groups is 1. The molecule has 0 bridgehead atoms. The van der Waals surface area contributed by atoms with Crippen LogP contribution in [0.2, 0.25) is 0 Å². The minimum absolute atomic E-state index is 0.0662. The second-order valence-corrected chi connectivity index (χ2v) is 12.2. The molecule has 2 aliphatic rings. The van der Waals surface area contributed by atoms with E-state index in [2.05, 4.69) is 16.0 Å². The quantitative estimate of drug-likeness (QED) is 0.362. The molecule has 0 radical (unpaired) electrons. The van der Waals surface area contributed by atoms with E-state index in [1.807, 2.05) is 37.3 Å². The SMILES string of the molecule is CCNc1cc(C(=O)N[C@@H](Cc2ccccc2)[C@H](O)CNC2CCOCC2)cc2c1CCCS(=O)(=O)N2C. The number of ether oxygens (including phenoxy) is 1. The second-order valence-electron chi connectivity index (χ2n) is 10.1. The fraction of sp³-hybridized carbons (Fsp3) is 0.536. The lowest BCUT2D eigenvalue weighted by Crippen LogP contribution is -2.50. The number of anilines is 2. The number of aliphatic hydroxyl groups is 1. The van der Waals surface area contributed by atoms with E-state index in [1.165, 1.54) is 4.31 Å². The number of nitrogens with zero attached hydrogens (tertiary/aromatic N) is 1. The molecule has 0 spiro atoms. The summed E-state index contributed by atoms with van der Waals surface area (Å²) in [6.45, 7) is 4.36. The first-order chi connectivity index (χ1) is 18.3.